The van der Waals surface area contributed by atoms with Crippen molar-refractivity contribution in [1.82, 2.24) is 5.32 Å². The Morgan fingerprint density at radius 2 is 0.877 bits per heavy atom. The lowest BCUT2D eigenvalue weighted by atomic mass is 9.94. The second-order valence-electron chi connectivity index (χ2n) is 17.2. The number of esters is 2. The molecule has 0 radical (unpaired) electrons. The number of hydrogen-bond acceptors (Lipinski definition) is 6. The lowest BCUT2D eigenvalue weighted by Gasteiger charge is -2.21. The third kappa shape index (κ3) is 31.3. The third-order valence-corrected chi connectivity index (χ3v) is 11.8. The Labute approximate surface area is 351 Å². The molecule has 0 aliphatic carbocycles. The van der Waals surface area contributed by atoms with E-state index in [1.807, 2.05) is 0 Å². The number of nitrogens with one attached hydrogen (secondary N) is 1. The van der Waals surface area contributed by atoms with Crippen LogP contribution in [0.1, 0.15) is 257 Å². The van der Waals surface area contributed by atoms with Gasteiger partial charge < -0.3 is 19.2 Å². The summed E-state index contributed by atoms with van der Waals surface area (Å²) in [6.07, 6.45) is 41.4. The lowest BCUT2D eigenvalue weighted by Crippen LogP contribution is -2.42. The van der Waals surface area contributed by atoms with Gasteiger partial charge in [-0.05, 0) is 56.1 Å². The molecule has 0 aliphatic heterocycles. The van der Waals surface area contributed by atoms with Gasteiger partial charge in [0.25, 0.3) is 5.91 Å². The molecule has 1 rings (SSSR count). The summed E-state index contributed by atoms with van der Waals surface area (Å²) in [5.41, 5.74) is 0. The van der Waals surface area contributed by atoms with Gasteiger partial charge in [-0.2, -0.15) is 0 Å². The molecule has 332 valence electrons. The molecule has 0 saturated carbocycles. The highest BCUT2D eigenvalue weighted by Gasteiger charge is 2.26. The fourth-order valence-corrected chi connectivity index (χ4v) is 7.91. The van der Waals surface area contributed by atoms with Crippen LogP contribution in [0.25, 0.3) is 0 Å². The van der Waals surface area contributed by atoms with E-state index in [1.165, 1.54) is 173 Å². The number of furan rings is 1. The van der Waals surface area contributed by atoms with Crippen LogP contribution < -0.4 is 5.32 Å². The molecule has 0 aromatic carbocycles. The molecule has 1 heterocycles. The Bertz CT molecular complexity index is 1040. The van der Waals surface area contributed by atoms with Crippen LogP contribution in [0.15, 0.2) is 22.8 Å². The molecular weight excluding hydrogens is 711 g/mol. The van der Waals surface area contributed by atoms with E-state index in [1.54, 1.807) is 12.1 Å². The van der Waals surface area contributed by atoms with E-state index < -0.39 is 17.9 Å². The van der Waals surface area contributed by atoms with Crippen molar-refractivity contribution in [2.24, 2.45) is 11.8 Å². The van der Waals surface area contributed by atoms with E-state index in [2.05, 4.69) is 33.0 Å². The first-order valence-corrected chi connectivity index (χ1v) is 24.6. The molecule has 1 aromatic rings. The Morgan fingerprint density at radius 1 is 0.509 bits per heavy atom. The average Bonchev–Trinajstić information content (AvgIpc) is 3.77. The first-order valence-electron chi connectivity index (χ1n) is 24.6. The molecule has 0 saturated heterocycles. The summed E-state index contributed by atoms with van der Waals surface area (Å²) in [5, 5.41) is 2.81. The molecule has 2 unspecified atom stereocenters. The van der Waals surface area contributed by atoms with Crippen LogP contribution in [0.5, 0.6) is 0 Å². The minimum absolute atomic E-state index is 0.0408. The Kier molecular flexibility index (Phi) is 36.2. The summed E-state index contributed by atoms with van der Waals surface area (Å²) < 4.78 is 17.2. The van der Waals surface area contributed by atoms with Crippen LogP contribution in [0.2, 0.25) is 0 Å². The maximum atomic E-state index is 13.6. The largest absolute Gasteiger partial charge is 0.465 e. The van der Waals surface area contributed by atoms with Crippen molar-refractivity contribution in [3.63, 3.8) is 0 Å². The summed E-state index contributed by atoms with van der Waals surface area (Å²) in [5.74, 6) is -0.492. The van der Waals surface area contributed by atoms with Crippen LogP contribution >= 0.6 is 0 Å². The maximum absolute atomic E-state index is 13.6. The van der Waals surface area contributed by atoms with E-state index in [0.29, 0.717) is 25.0 Å². The van der Waals surface area contributed by atoms with E-state index in [-0.39, 0.29) is 24.6 Å². The third-order valence-electron chi connectivity index (χ3n) is 11.8. The van der Waals surface area contributed by atoms with Gasteiger partial charge in [-0.1, -0.05) is 207 Å². The second kappa shape index (κ2) is 39.2. The Hall–Kier alpha value is -2.31. The van der Waals surface area contributed by atoms with Gasteiger partial charge in [-0.15, -0.1) is 0 Å². The highest BCUT2D eigenvalue weighted by Crippen LogP contribution is 2.22. The first kappa shape index (κ1) is 52.7. The van der Waals surface area contributed by atoms with Crippen LogP contribution in [-0.2, 0) is 19.1 Å². The Balaban J connectivity index is 2.76. The van der Waals surface area contributed by atoms with Gasteiger partial charge in [-0.3, -0.25) is 9.59 Å². The number of ether oxygens (including phenoxy) is 2. The molecule has 0 bridgehead atoms. The predicted octanol–water partition coefficient (Wildman–Crippen LogP) is 15.0. The zero-order valence-corrected chi connectivity index (χ0v) is 37.9. The fourth-order valence-electron chi connectivity index (χ4n) is 7.91. The highest BCUT2D eigenvalue weighted by molar-refractivity contribution is 5.94. The van der Waals surface area contributed by atoms with Crippen molar-refractivity contribution in [3.05, 3.63) is 24.2 Å². The fraction of sp³-hybridized carbons (Fsp3) is 0.860. The van der Waals surface area contributed by atoms with Gasteiger partial charge in [0.05, 0.1) is 19.5 Å². The normalized spacial score (nSPS) is 13.0. The average molecular weight is 802 g/mol. The number of rotatable bonds is 42. The van der Waals surface area contributed by atoms with E-state index >= 15 is 0 Å². The summed E-state index contributed by atoms with van der Waals surface area (Å²) in [7, 11) is 0. The quantitative estimate of drug-likeness (QED) is 0.0522. The molecule has 0 fully saturated rings. The van der Waals surface area contributed by atoms with Gasteiger partial charge >= 0.3 is 11.9 Å². The van der Waals surface area contributed by atoms with Crippen molar-refractivity contribution in [3.8, 4) is 0 Å². The molecule has 7 nitrogen and oxygen atoms in total. The molecule has 0 aliphatic rings. The topological polar surface area (TPSA) is 94.8 Å². The summed E-state index contributed by atoms with van der Waals surface area (Å²) in [6.45, 7) is 9.79. The molecule has 1 N–H and O–H groups in total. The van der Waals surface area contributed by atoms with Crippen LogP contribution in [0.3, 0.4) is 0 Å². The van der Waals surface area contributed by atoms with Crippen LogP contribution in [0.4, 0.5) is 0 Å². The Morgan fingerprint density at radius 3 is 1.25 bits per heavy atom. The lowest BCUT2D eigenvalue weighted by molar-refractivity contribution is -0.149. The number of hydrogen-bond donors (Lipinski definition) is 1. The van der Waals surface area contributed by atoms with Crippen LogP contribution in [-0.4, -0.2) is 37.1 Å². The molecular formula is C50H91NO6. The van der Waals surface area contributed by atoms with Crippen LogP contribution in [0, 0.1) is 11.8 Å². The highest BCUT2D eigenvalue weighted by atomic mass is 16.5. The molecule has 1 amide bonds. The zero-order chi connectivity index (χ0) is 41.4. The number of carbonyl (C=O) groups excluding carboxylic acids is 3. The van der Waals surface area contributed by atoms with E-state index in [4.69, 9.17) is 13.9 Å². The maximum Gasteiger partial charge on any atom is 0.328 e. The summed E-state index contributed by atoms with van der Waals surface area (Å²) in [6, 6.07) is 2.26. The van der Waals surface area contributed by atoms with E-state index in [9.17, 15) is 14.4 Å². The number of unbranched alkanes of at least 4 members (excludes halogenated alkanes) is 24. The molecule has 7 heteroatoms. The summed E-state index contributed by atoms with van der Waals surface area (Å²) >= 11 is 0. The monoisotopic (exact) mass is 802 g/mol. The molecule has 1 aromatic heterocycles. The van der Waals surface area contributed by atoms with Gasteiger partial charge in [0, 0.05) is 6.42 Å². The zero-order valence-electron chi connectivity index (χ0n) is 37.9. The van der Waals surface area contributed by atoms with E-state index in [0.717, 1.165) is 38.5 Å². The van der Waals surface area contributed by atoms with Gasteiger partial charge in [0.2, 0.25) is 0 Å². The van der Waals surface area contributed by atoms with Crippen molar-refractivity contribution in [2.45, 2.75) is 252 Å². The minimum Gasteiger partial charge on any atom is -0.465 e. The standard InChI is InChI=1S/C50H91NO6/c1-5-9-13-17-21-23-27-31-35-44(34-29-25-19-15-11-7-3)42-56-48(52)40-39-46(51-49(53)47-38-33-41-55-47)50(54)57-43-45(36-30-26-20-16-12-8-4)37-32-28-24-22-18-14-10-6-2/h33,38,41,44-46H,5-32,34-37,39-40,42-43H2,1-4H3,(H,51,53)/t44?,45?,46-/m0/s1. The van der Waals surface area contributed by atoms with Gasteiger partial charge in [-0.25, -0.2) is 4.79 Å². The van der Waals surface area contributed by atoms with Gasteiger partial charge in [0.1, 0.15) is 6.04 Å². The predicted molar refractivity (Wildman–Crippen MR) is 239 cm³/mol. The first-order chi connectivity index (χ1) is 27.9. The summed E-state index contributed by atoms with van der Waals surface area (Å²) in [4.78, 5) is 39.8. The van der Waals surface area contributed by atoms with Gasteiger partial charge in [0.15, 0.2) is 5.76 Å². The molecule has 3 atom stereocenters. The molecule has 0 spiro atoms. The van der Waals surface area contributed by atoms with Crippen molar-refractivity contribution < 1.29 is 28.3 Å². The number of amides is 1. The SMILES string of the molecule is CCCCCCCCCCC(CCCCCCCC)COC(=O)CC[C@H](NC(=O)c1ccco1)C(=O)OCC(CCCCCCCC)CCCCCCCCCC. The molecule has 57 heavy (non-hydrogen) atoms. The van der Waals surface area contributed by atoms with Crippen molar-refractivity contribution in [1.29, 1.82) is 0 Å². The van der Waals surface area contributed by atoms with Crippen molar-refractivity contribution >= 4 is 17.8 Å². The second-order valence-corrected chi connectivity index (χ2v) is 17.2. The van der Waals surface area contributed by atoms with Crippen molar-refractivity contribution in [2.75, 3.05) is 13.2 Å². The number of carbonyl (C=O) groups is 3. The smallest absolute Gasteiger partial charge is 0.328 e. The minimum atomic E-state index is -0.954.